The number of thiazole rings is 1. The third-order valence-electron chi connectivity index (χ3n) is 3.48. The van der Waals surface area contributed by atoms with Gasteiger partial charge in [0.25, 0.3) is 5.56 Å². The quantitative estimate of drug-likeness (QED) is 0.564. The van der Waals surface area contributed by atoms with Crippen LogP contribution < -0.4 is 10.1 Å². The van der Waals surface area contributed by atoms with Gasteiger partial charge in [-0.1, -0.05) is 46.7 Å². The Kier molecular flexibility index (Phi) is 3.30. The number of benzene rings is 2. The van der Waals surface area contributed by atoms with E-state index in [4.69, 9.17) is 23.2 Å². The molecule has 23 heavy (non-hydrogen) atoms. The number of fused-ring (bicyclic) bond motifs is 3. The van der Waals surface area contributed by atoms with Crippen LogP contribution in [0.25, 0.3) is 22.1 Å². The van der Waals surface area contributed by atoms with Crippen LogP contribution in [0.15, 0.2) is 41.2 Å². The highest BCUT2D eigenvalue weighted by Crippen LogP contribution is 2.32. The van der Waals surface area contributed by atoms with Crippen LogP contribution in [-0.2, 0) is 0 Å². The van der Waals surface area contributed by atoms with Crippen LogP contribution >= 0.6 is 34.5 Å². The van der Waals surface area contributed by atoms with Gasteiger partial charge in [0.2, 0.25) is 0 Å². The topological polar surface area (TPSA) is 54.6 Å². The summed E-state index contributed by atoms with van der Waals surface area (Å²) in [5, 5.41) is 9.88. The van der Waals surface area contributed by atoms with Crippen molar-refractivity contribution in [2.24, 2.45) is 0 Å². The Morgan fingerprint density at radius 2 is 1.87 bits per heavy atom. The summed E-state index contributed by atoms with van der Waals surface area (Å²) in [5.74, 6) is -0.167. The minimum absolute atomic E-state index is 0.140. The Morgan fingerprint density at radius 3 is 2.61 bits per heavy atom. The molecule has 2 heterocycles. The number of phenols is 1. The Morgan fingerprint density at radius 1 is 1.17 bits per heavy atom. The van der Waals surface area contributed by atoms with E-state index < -0.39 is 0 Å². The summed E-state index contributed by atoms with van der Waals surface area (Å²) in [6.07, 6.45) is 1.69. The number of hydrogen-bond donors (Lipinski definition) is 1. The highest BCUT2D eigenvalue weighted by atomic mass is 35.5. The molecule has 0 aliphatic rings. The van der Waals surface area contributed by atoms with Crippen LogP contribution in [0.4, 0.5) is 0 Å². The van der Waals surface area contributed by atoms with Gasteiger partial charge in [-0.3, -0.25) is 4.79 Å². The van der Waals surface area contributed by atoms with Crippen LogP contribution in [0.3, 0.4) is 0 Å². The fraction of sp³-hybridized carbons (Fsp3) is 0. The van der Waals surface area contributed by atoms with Gasteiger partial charge in [0.15, 0.2) is 10.7 Å². The van der Waals surface area contributed by atoms with Gasteiger partial charge < -0.3 is 5.11 Å². The van der Waals surface area contributed by atoms with Crippen molar-refractivity contribution >= 4 is 56.6 Å². The Hall–Kier alpha value is -2.08. The molecule has 0 saturated heterocycles. The van der Waals surface area contributed by atoms with Crippen LogP contribution in [0, 0.1) is 0 Å². The smallest absolute Gasteiger partial charge is 0.274 e. The summed E-state index contributed by atoms with van der Waals surface area (Å²) >= 11 is 13.1. The normalized spacial score (nSPS) is 12.5. The van der Waals surface area contributed by atoms with Crippen LogP contribution in [0.5, 0.6) is 5.75 Å². The molecule has 0 fully saturated rings. The molecule has 0 unspecified atom stereocenters. The molecule has 0 aliphatic heterocycles. The molecule has 4 aromatic rings. The van der Waals surface area contributed by atoms with Crippen molar-refractivity contribution in [2.75, 3.05) is 0 Å². The molecule has 2 aromatic carbocycles. The van der Waals surface area contributed by atoms with Gasteiger partial charge >= 0.3 is 0 Å². The molecule has 1 N–H and O–H groups in total. The number of aromatic hydroxyl groups is 1. The van der Waals surface area contributed by atoms with Crippen LogP contribution in [-0.4, -0.2) is 14.5 Å². The maximum atomic E-state index is 12.6. The molecule has 114 valence electrons. The van der Waals surface area contributed by atoms with E-state index in [1.807, 2.05) is 24.3 Å². The number of hydrogen-bond acceptors (Lipinski definition) is 4. The van der Waals surface area contributed by atoms with Gasteiger partial charge in [-0.25, -0.2) is 9.38 Å². The van der Waals surface area contributed by atoms with Crippen molar-refractivity contribution in [3.63, 3.8) is 0 Å². The molecule has 0 amide bonds. The molecule has 4 rings (SSSR count). The minimum Gasteiger partial charge on any atom is -0.505 e. The molecule has 2 aromatic heterocycles. The molecule has 7 heteroatoms. The summed E-state index contributed by atoms with van der Waals surface area (Å²) in [5.41, 5.74) is 2.08. The molecule has 0 spiro atoms. The number of para-hydroxylation sites is 2. The lowest BCUT2D eigenvalue weighted by Gasteiger charge is -2.00. The second-order valence-electron chi connectivity index (χ2n) is 4.97. The molecule has 0 radical (unpaired) electrons. The van der Waals surface area contributed by atoms with Crippen LogP contribution in [0.1, 0.15) is 5.56 Å². The van der Waals surface area contributed by atoms with Gasteiger partial charge in [0, 0.05) is 0 Å². The van der Waals surface area contributed by atoms with Crippen molar-refractivity contribution in [1.82, 2.24) is 9.38 Å². The standard InChI is InChI=1S/C16H8Cl2N2O2S/c17-9-5-8(6-10(18)14(9)21)7-13-15(22)20-12-4-2-1-3-11(12)19-16(20)23-13/h1-7,21H. The van der Waals surface area contributed by atoms with Gasteiger partial charge in [-0.2, -0.15) is 0 Å². The first-order valence-corrected chi connectivity index (χ1v) is 8.21. The van der Waals surface area contributed by atoms with E-state index in [9.17, 15) is 9.90 Å². The van der Waals surface area contributed by atoms with E-state index in [1.54, 1.807) is 22.6 Å². The zero-order valence-electron chi connectivity index (χ0n) is 11.5. The summed E-state index contributed by atoms with van der Waals surface area (Å²) in [6, 6.07) is 10.6. The third kappa shape index (κ3) is 2.28. The zero-order valence-corrected chi connectivity index (χ0v) is 13.8. The van der Waals surface area contributed by atoms with Gasteiger partial charge in [0.1, 0.15) is 0 Å². The van der Waals surface area contributed by atoms with E-state index >= 15 is 0 Å². The Bertz CT molecular complexity index is 1160. The second-order valence-corrected chi connectivity index (χ2v) is 6.79. The van der Waals surface area contributed by atoms with E-state index in [2.05, 4.69) is 4.98 Å². The van der Waals surface area contributed by atoms with Crippen molar-refractivity contribution in [2.45, 2.75) is 0 Å². The predicted octanol–water partition coefficient (Wildman–Crippen LogP) is 3.47. The number of aromatic nitrogens is 2. The summed E-state index contributed by atoms with van der Waals surface area (Å²) in [4.78, 5) is 17.7. The van der Waals surface area contributed by atoms with Gasteiger partial charge in [-0.15, -0.1) is 0 Å². The lowest BCUT2D eigenvalue weighted by molar-refractivity contribution is 0.476. The number of imidazole rings is 1. The monoisotopic (exact) mass is 362 g/mol. The number of phenolic OH excluding ortho intramolecular Hbond substituents is 1. The maximum absolute atomic E-state index is 12.6. The SMILES string of the molecule is O=c1c(=Cc2cc(Cl)c(O)c(Cl)c2)sc2nc3ccccc3n12. The van der Waals surface area contributed by atoms with E-state index in [0.29, 0.717) is 15.1 Å². The average molecular weight is 363 g/mol. The van der Waals surface area contributed by atoms with E-state index in [-0.39, 0.29) is 21.4 Å². The number of rotatable bonds is 1. The number of halogens is 2. The summed E-state index contributed by atoms with van der Waals surface area (Å²) < 4.78 is 2.12. The summed E-state index contributed by atoms with van der Waals surface area (Å²) in [7, 11) is 0. The highest BCUT2D eigenvalue weighted by molar-refractivity contribution is 7.15. The molecule has 4 nitrogen and oxygen atoms in total. The average Bonchev–Trinajstić information content (AvgIpc) is 3.02. The summed E-state index contributed by atoms with van der Waals surface area (Å²) in [6.45, 7) is 0. The van der Waals surface area contributed by atoms with Gasteiger partial charge in [-0.05, 0) is 35.9 Å². The fourth-order valence-corrected chi connectivity index (χ4v) is 3.92. The molecular weight excluding hydrogens is 355 g/mol. The molecular formula is C16H8Cl2N2O2S. The van der Waals surface area contributed by atoms with E-state index in [1.165, 1.54) is 11.3 Å². The zero-order chi connectivity index (χ0) is 16.1. The van der Waals surface area contributed by atoms with Crippen molar-refractivity contribution in [1.29, 1.82) is 0 Å². The third-order valence-corrected chi connectivity index (χ3v) is 5.03. The molecule has 0 aliphatic carbocycles. The predicted molar refractivity (Wildman–Crippen MR) is 93.8 cm³/mol. The molecule has 0 saturated carbocycles. The maximum Gasteiger partial charge on any atom is 0.274 e. The first-order valence-electron chi connectivity index (χ1n) is 6.64. The first kappa shape index (κ1) is 14.5. The minimum atomic E-state index is -0.167. The lowest BCUT2D eigenvalue weighted by Crippen LogP contribution is -2.22. The number of nitrogens with zero attached hydrogens (tertiary/aromatic N) is 2. The highest BCUT2D eigenvalue weighted by Gasteiger charge is 2.11. The second kappa shape index (κ2) is 5.23. The molecule has 0 bridgehead atoms. The van der Waals surface area contributed by atoms with Crippen molar-refractivity contribution in [3.05, 3.63) is 66.9 Å². The Balaban J connectivity index is 1.99. The lowest BCUT2D eigenvalue weighted by atomic mass is 10.2. The van der Waals surface area contributed by atoms with Crippen LogP contribution in [0.2, 0.25) is 10.0 Å². The fourth-order valence-electron chi connectivity index (χ4n) is 2.43. The first-order chi connectivity index (χ1) is 11.0. The van der Waals surface area contributed by atoms with E-state index in [0.717, 1.165) is 11.0 Å². The van der Waals surface area contributed by atoms with Crippen molar-refractivity contribution < 1.29 is 5.11 Å². The largest absolute Gasteiger partial charge is 0.505 e. The molecule has 0 atom stereocenters. The van der Waals surface area contributed by atoms with Gasteiger partial charge in [0.05, 0.1) is 25.6 Å². The van der Waals surface area contributed by atoms with Crippen molar-refractivity contribution in [3.8, 4) is 5.75 Å². The Labute approximate surface area is 143 Å².